The van der Waals surface area contributed by atoms with Crippen LogP contribution in [0.5, 0.6) is 0 Å². The van der Waals surface area contributed by atoms with Gasteiger partial charge in [-0.2, -0.15) is 0 Å². The second kappa shape index (κ2) is 12.3. The fraction of sp³-hybridized carbons (Fsp3) is 0.684. The van der Waals surface area contributed by atoms with Gasteiger partial charge >= 0.3 is 0 Å². The van der Waals surface area contributed by atoms with Gasteiger partial charge in [-0.1, -0.05) is 32.8 Å². The number of pyridine rings is 1. The fourth-order valence-electron chi connectivity index (χ4n) is 2.95. The van der Waals surface area contributed by atoms with Crippen molar-refractivity contribution >= 4 is 35.8 Å². The Bertz CT molecular complexity index is 495. The molecule has 0 saturated carbocycles. The Labute approximate surface area is 170 Å². The van der Waals surface area contributed by atoms with Gasteiger partial charge in [-0.3, -0.25) is 4.99 Å². The van der Waals surface area contributed by atoms with E-state index in [1.54, 1.807) is 0 Å². The van der Waals surface area contributed by atoms with E-state index in [0.717, 1.165) is 43.9 Å². The molecule has 6 heteroatoms. The second-order valence-electron chi connectivity index (χ2n) is 6.96. The minimum atomic E-state index is 0. The van der Waals surface area contributed by atoms with E-state index in [9.17, 15) is 0 Å². The second-order valence-corrected chi connectivity index (χ2v) is 6.96. The summed E-state index contributed by atoms with van der Waals surface area (Å²) >= 11 is 0. The Morgan fingerprint density at radius 2 is 1.96 bits per heavy atom. The van der Waals surface area contributed by atoms with E-state index in [1.165, 1.54) is 37.7 Å². The predicted octanol–water partition coefficient (Wildman–Crippen LogP) is 3.79. The summed E-state index contributed by atoms with van der Waals surface area (Å²) in [4.78, 5) is 11.2. The van der Waals surface area contributed by atoms with E-state index < -0.39 is 0 Å². The van der Waals surface area contributed by atoms with E-state index in [-0.39, 0.29) is 24.0 Å². The maximum absolute atomic E-state index is 4.59. The summed E-state index contributed by atoms with van der Waals surface area (Å²) in [5.74, 6) is 2.76. The first-order valence-corrected chi connectivity index (χ1v) is 9.33. The summed E-state index contributed by atoms with van der Waals surface area (Å²) in [6, 6.07) is 4.29. The lowest BCUT2D eigenvalue weighted by molar-refractivity contribution is 0.534. The lowest BCUT2D eigenvalue weighted by atomic mass is 10.1. The van der Waals surface area contributed by atoms with Crippen LogP contribution in [0.15, 0.2) is 23.3 Å². The third-order valence-electron chi connectivity index (χ3n) is 4.42. The van der Waals surface area contributed by atoms with Crippen LogP contribution in [-0.4, -0.2) is 37.6 Å². The first kappa shape index (κ1) is 22.0. The molecule has 0 bridgehead atoms. The summed E-state index contributed by atoms with van der Waals surface area (Å²) < 4.78 is 0. The van der Waals surface area contributed by atoms with Crippen LogP contribution in [0, 0.1) is 5.92 Å². The molecule has 0 unspecified atom stereocenters. The third-order valence-corrected chi connectivity index (χ3v) is 4.42. The van der Waals surface area contributed by atoms with Crippen LogP contribution in [0.1, 0.15) is 51.5 Å². The van der Waals surface area contributed by atoms with Crippen molar-refractivity contribution in [1.29, 1.82) is 0 Å². The third kappa shape index (κ3) is 8.25. The highest BCUT2D eigenvalue weighted by molar-refractivity contribution is 14.0. The quantitative estimate of drug-likeness (QED) is 0.269. The molecule has 0 aromatic carbocycles. The Balaban J connectivity index is 0.00000312. The van der Waals surface area contributed by atoms with Gasteiger partial charge in [-0.25, -0.2) is 4.98 Å². The van der Waals surface area contributed by atoms with Gasteiger partial charge < -0.3 is 15.5 Å². The van der Waals surface area contributed by atoms with Crippen molar-refractivity contribution in [3.05, 3.63) is 23.9 Å². The van der Waals surface area contributed by atoms with E-state index in [4.69, 9.17) is 0 Å². The van der Waals surface area contributed by atoms with E-state index >= 15 is 0 Å². The Morgan fingerprint density at radius 3 is 2.56 bits per heavy atom. The van der Waals surface area contributed by atoms with Crippen molar-refractivity contribution in [3.8, 4) is 0 Å². The van der Waals surface area contributed by atoms with E-state index in [0.29, 0.717) is 0 Å². The normalized spacial score (nSPS) is 14.6. The van der Waals surface area contributed by atoms with Crippen molar-refractivity contribution in [3.63, 3.8) is 0 Å². The standard InChI is InChI=1S/C19H33N5.HI/c1-16(2)8-4-5-11-21-19(20-3)23-15-17-9-10-18(22-14-17)24-12-6-7-13-24;/h9-10,14,16H,4-8,11-13,15H2,1-3H3,(H2,20,21,23);1H. The lowest BCUT2D eigenvalue weighted by Gasteiger charge is -2.16. The first-order valence-electron chi connectivity index (χ1n) is 9.33. The number of hydrogen-bond acceptors (Lipinski definition) is 3. The molecule has 2 heterocycles. The minimum Gasteiger partial charge on any atom is -0.357 e. The average molecular weight is 459 g/mol. The van der Waals surface area contributed by atoms with Gasteiger partial charge in [0.2, 0.25) is 0 Å². The molecule has 5 nitrogen and oxygen atoms in total. The minimum absolute atomic E-state index is 0. The van der Waals surface area contributed by atoms with Gasteiger partial charge in [0.15, 0.2) is 5.96 Å². The molecule has 1 saturated heterocycles. The molecule has 0 aliphatic carbocycles. The molecule has 1 aromatic rings. The molecule has 1 aromatic heterocycles. The number of halogens is 1. The van der Waals surface area contributed by atoms with Crippen LogP contribution in [0.4, 0.5) is 5.82 Å². The van der Waals surface area contributed by atoms with Gasteiger partial charge in [-0.15, -0.1) is 24.0 Å². The Kier molecular flexibility index (Phi) is 10.8. The summed E-state index contributed by atoms with van der Waals surface area (Å²) in [6.07, 6.45) is 8.28. The maximum Gasteiger partial charge on any atom is 0.191 e. The van der Waals surface area contributed by atoms with Gasteiger partial charge in [-0.05, 0) is 36.8 Å². The molecule has 0 spiro atoms. The van der Waals surface area contributed by atoms with Crippen LogP contribution in [0.25, 0.3) is 0 Å². The average Bonchev–Trinajstić information content (AvgIpc) is 3.12. The van der Waals surface area contributed by atoms with Gasteiger partial charge in [0.05, 0.1) is 0 Å². The van der Waals surface area contributed by atoms with Crippen LogP contribution in [-0.2, 0) is 6.54 Å². The SMILES string of the molecule is CN=C(NCCCCC(C)C)NCc1ccc(N2CCCC2)nc1.I. The zero-order valence-electron chi connectivity index (χ0n) is 15.9. The molecule has 25 heavy (non-hydrogen) atoms. The summed E-state index contributed by atoms with van der Waals surface area (Å²) in [6.45, 7) is 8.54. The number of aliphatic imine (C=N–C) groups is 1. The molecular formula is C19H34IN5. The van der Waals surface area contributed by atoms with Crippen LogP contribution in [0.3, 0.4) is 0 Å². The Morgan fingerprint density at radius 1 is 1.20 bits per heavy atom. The van der Waals surface area contributed by atoms with Crippen LogP contribution in [0.2, 0.25) is 0 Å². The summed E-state index contributed by atoms with van der Waals surface area (Å²) in [7, 11) is 1.82. The smallest absolute Gasteiger partial charge is 0.191 e. The molecule has 142 valence electrons. The zero-order chi connectivity index (χ0) is 17.2. The van der Waals surface area contributed by atoms with Crippen LogP contribution >= 0.6 is 24.0 Å². The van der Waals surface area contributed by atoms with Gasteiger partial charge in [0.25, 0.3) is 0 Å². The van der Waals surface area contributed by atoms with Gasteiger partial charge in [0.1, 0.15) is 5.82 Å². The largest absolute Gasteiger partial charge is 0.357 e. The number of guanidine groups is 1. The van der Waals surface area contributed by atoms with Crippen molar-refractivity contribution in [2.45, 2.75) is 52.5 Å². The van der Waals surface area contributed by atoms with Crippen molar-refractivity contribution in [2.24, 2.45) is 10.9 Å². The molecule has 2 rings (SSSR count). The zero-order valence-corrected chi connectivity index (χ0v) is 18.3. The summed E-state index contributed by atoms with van der Waals surface area (Å²) in [5, 5.41) is 6.74. The Hall–Kier alpha value is -1.05. The first-order chi connectivity index (χ1) is 11.7. The number of nitrogens with zero attached hydrogens (tertiary/aromatic N) is 3. The van der Waals surface area contributed by atoms with Crippen molar-refractivity contribution in [1.82, 2.24) is 15.6 Å². The molecule has 0 amide bonds. The number of hydrogen-bond donors (Lipinski definition) is 2. The topological polar surface area (TPSA) is 52.6 Å². The molecule has 0 atom stereocenters. The van der Waals surface area contributed by atoms with Crippen molar-refractivity contribution in [2.75, 3.05) is 31.6 Å². The molecular weight excluding hydrogens is 425 g/mol. The lowest BCUT2D eigenvalue weighted by Crippen LogP contribution is -2.37. The molecule has 2 N–H and O–H groups in total. The number of unbranched alkanes of at least 4 members (excludes halogenated alkanes) is 1. The van der Waals surface area contributed by atoms with Gasteiger partial charge in [0, 0.05) is 39.4 Å². The number of anilines is 1. The van der Waals surface area contributed by atoms with E-state index in [1.807, 2.05) is 13.2 Å². The number of aromatic nitrogens is 1. The number of rotatable bonds is 8. The molecule has 1 fully saturated rings. The molecule has 1 aliphatic heterocycles. The highest BCUT2D eigenvalue weighted by atomic mass is 127. The highest BCUT2D eigenvalue weighted by Gasteiger charge is 2.12. The monoisotopic (exact) mass is 459 g/mol. The molecule has 0 radical (unpaired) electrons. The summed E-state index contributed by atoms with van der Waals surface area (Å²) in [5.41, 5.74) is 1.18. The maximum atomic E-state index is 4.59. The van der Waals surface area contributed by atoms with Crippen LogP contribution < -0.4 is 15.5 Å². The fourth-order valence-corrected chi connectivity index (χ4v) is 2.95. The number of nitrogens with one attached hydrogen (secondary N) is 2. The molecule has 1 aliphatic rings. The predicted molar refractivity (Wildman–Crippen MR) is 118 cm³/mol. The van der Waals surface area contributed by atoms with Crippen molar-refractivity contribution < 1.29 is 0 Å². The van der Waals surface area contributed by atoms with E-state index in [2.05, 4.69) is 51.5 Å². The highest BCUT2D eigenvalue weighted by Crippen LogP contribution is 2.17.